The van der Waals surface area contributed by atoms with Gasteiger partial charge in [0.2, 0.25) is 6.41 Å². The number of benzene rings is 2. The summed E-state index contributed by atoms with van der Waals surface area (Å²) in [6.07, 6.45) is 4.18. The largest absolute Gasteiger partial charge is 0.465 e. The Morgan fingerprint density at radius 2 is 2.00 bits per heavy atom. The zero-order chi connectivity index (χ0) is 19.5. The van der Waals surface area contributed by atoms with E-state index in [1.54, 1.807) is 17.3 Å². The molecule has 6 heteroatoms. The SMILES string of the molecule is O=CN(c1ccc2cnccc2c1)C(c1ccccc1)[C@@H]1CCN(C(=O)O)C1. The number of carbonyl (C=O) groups is 2. The number of anilines is 1. The second-order valence-corrected chi connectivity index (χ2v) is 7.05. The van der Waals surface area contributed by atoms with Gasteiger partial charge in [0.05, 0.1) is 6.04 Å². The molecule has 3 aromatic rings. The van der Waals surface area contributed by atoms with E-state index in [1.165, 1.54) is 4.90 Å². The molecule has 2 aromatic carbocycles. The van der Waals surface area contributed by atoms with Crippen molar-refractivity contribution in [2.45, 2.75) is 12.5 Å². The fourth-order valence-corrected chi connectivity index (χ4v) is 4.05. The maximum absolute atomic E-state index is 12.2. The van der Waals surface area contributed by atoms with Crippen LogP contribution in [0.1, 0.15) is 18.0 Å². The molecule has 0 bridgehead atoms. The van der Waals surface area contributed by atoms with Crippen molar-refractivity contribution in [1.82, 2.24) is 9.88 Å². The Hall–Kier alpha value is -3.41. The lowest BCUT2D eigenvalue weighted by atomic mass is 9.90. The molecule has 1 N–H and O–H groups in total. The molecule has 6 nitrogen and oxygen atoms in total. The fraction of sp³-hybridized carbons (Fsp3) is 0.227. The molecule has 0 radical (unpaired) electrons. The lowest BCUT2D eigenvalue weighted by molar-refractivity contribution is -0.108. The fourth-order valence-electron chi connectivity index (χ4n) is 4.05. The Labute approximate surface area is 163 Å². The topological polar surface area (TPSA) is 73.7 Å². The van der Waals surface area contributed by atoms with Crippen LogP contribution in [0.3, 0.4) is 0 Å². The predicted octanol–water partition coefficient (Wildman–Crippen LogP) is 3.94. The molecular weight excluding hydrogens is 354 g/mol. The van der Waals surface area contributed by atoms with Crippen LogP contribution in [-0.4, -0.2) is 40.6 Å². The molecule has 1 aliphatic rings. The minimum atomic E-state index is -0.912. The van der Waals surface area contributed by atoms with Crippen LogP contribution < -0.4 is 4.90 Å². The molecule has 0 saturated carbocycles. The van der Waals surface area contributed by atoms with Crippen molar-refractivity contribution in [3.8, 4) is 0 Å². The second-order valence-electron chi connectivity index (χ2n) is 7.05. The van der Waals surface area contributed by atoms with E-state index < -0.39 is 6.09 Å². The molecular formula is C22H21N3O3. The first-order valence-corrected chi connectivity index (χ1v) is 9.27. The maximum Gasteiger partial charge on any atom is 0.407 e. The van der Waals surface area contributed by atoms with Crippen LogP contribution in [0, 0.1) is 5.92 Å². The third-order valence-electron chi connectivity index (χ3n) is 5.42. The van der Waals surface area contributed by atoms with E-state index in [2.05, 4.69) is 4.98 Å². The lowest BCUT2D eigenvalue weighted by Gasteiger charge is -2.33. The Morgan fingerprint density at radius 3 is 2.71 bits per heavy atom. The van der Waals surface area contributed by atoms with Gasteiger partial charge < -0.3 is 14.9 Å². The van der Waals surface area contributed by atoms with E-state index in [9.17, 15) is 14.7 Å². The summed E-state index contributed by atoms with van der Waals surface area (Å²) >= 11 is 0. The molecule has 1 aliphatic heterocycles. The number of aromatic nitrogens is 1. The van der Waals surface area contributed by atoms with Gasteiger partial charge in [0.25, 0.3) is 0 Å². The van der Waals surface area contributed by atoms with Crippen LogP contribution in [0.25, 0.3) is 10.8 Å². The lowest BCUT2D eigenvalue weighted by Crippen LogP contribution is -2.35. The summed E-state index contributed by atoms with van der Waals surface area (Å²) in [5.74, 6) is 0.0248. The molecule has 0 aliphatic carbocycles. The minimum absolute atomic E-state index is 0.0248. The highest BCUT2D eigenvalue weighted by atomic mass is 16.4. The number of fused-ring (bicyclic) bond motifs is 1. The van der Waals surface area contributed by atoms with Crippen LogP contribution in [0.15, 0.2) is 67.0 Å². The van der Waals surface area contributed by atoms with Crippen LogP contribution >= 0.6 is 0 Å². The standard InChI is InChI=1S/C22H21N3O3/c26-15-25(20-7-6-18-13-23-10-8-17(18)12-20)21(16-4-2-1-3-5-16)19-9-11-24(14-19)22(27)28/h1-8,10,12-13,15,19,21H,9,11,14H2,(H,27,28)/t19-,21?/m1/s1. The zero-order valence-corrected chi connectivity index (χ0v) is 15.3. The highest BCUT2D eigenvalue weighted by Gasteiger charge is 2.36. The van der Waals surface area contributed by atoms with E-state index in [4.69, 9.17) is 0 Å². The van der Waals surface area contributed by atoms with Crippen molar-refractivity contribution in [2.24, 2.45) is 5.92 Å². The number of likely N-dealkylation sites (tertiary alicyclic amines) is 1. The first kappa shape index (κ1) is 18.0. The van der Waals surface area contributed by atoms with Gasteiger partial charge in [-0.3, -0.25) is 9.78 Å². The van der Waals surface area contributed by atoms with Gasteiger partial charge in [-0.05, 0) is 35.6 Å². The molecule has 0 spiro atoms. The third-order valence-corrected chi connectivity index (χ3v) is 5.42. The summed E-state index contributed by atoms with van der Waals surface area (Å²) in [4.78, 5) is 30.9. The Balaban J connectivity index is 1.75. The van der Waals surface area contributed by atoms with E-state index in [0.29, 0.717) is 19.5 Å². The number of hydrogen-bond donors (Lipinski definition) is 1. The molecule has 1 unspecified atom stereocenters. The number of carbonyl (C=O) groups excluding carboxylic acids is 1. The van der Waals surface area contributed by atoms with Gasteiger partial charge in [-0.25, -0.2) is 4.79 Å². The predicted molar refractivity (Wildman–Crippen MR) is 107 cm³/mol. The van der Waals surface area contributed by atoms with Gasteiger partial charge in [0.15, 0.2) is 0 Å². The van der Waals surface area contributed by atoms with Gasteiger partial charge in [-0.15, -0.1) is 0 Å². The minimum Gasteiger partial charge on any atom is -0.465 e. The van der Waals surface area contributed by atoms with E-state index >= 15 is 0 Å². The summed E-state index contributed by atoms with van der Waals surface area (Å²) in [7, 11) is 0. The first-order valence-electron chi connectivity index (χ1n) is 9.27. The quantitative estimate of drug-likeness (QED) is 0.686. The van der Waals surface area contributed by atoms with E-state index in [1.807, 2.05) is 54.6 Å². The number of rotatable bonds is 5. The van der Waals surface area contributed by atoms with Crippen LogP contribution in [0.5, 0.6) is 0 Å². The van der Waals surface area contributed by atoms with E-state index in [-0.39, 0.29) is 12.0 Å². The smallest absolute Gasteiger partial charge is 0.407 e. The molecule has 28 heavy (non-hydrogen) atoms. The maximum atomic E-state index is 12.2. The Bertz CT molecular complexity index is 992. The Kier molecular flexibility index (Phi) is 4.93. The van der Waals surface area contributed by atoms with Gasteiger partial charge >= 0.3 is 6.09 Å². The van der Waals surface area contributed by atoms with Crippen molar-refractivity contribution in [1.29, 1.82) is 0 Å². The van der Waals surface area contributed by atoms with Crippen molar-refractivity contribution in [3.63, 3.8) is 0 Å². The number of nitrogens with zero attached hydrogens (tertiary/aromatic N) is 3. The van der Waals surface area contributed by atoms with Crippen molar-refractivity contribution in [3.05, 3.63) is 72.6 Å². The first-order chi connectivity index (χ1) is 13.7. The summed E-state index contributed by atoms with van der Waals surface area (Å²) in [6, 6.07) is 17.3. The molecule has 2 heterocycles. The molecule has 2 amide bonds. The van der Waals surface area contributed by atoms with Gasteiger partial charge in [0.1, 0.15) is 0 Å². The molecule has 1 aromatic heterocycles. The molecule has 1 saturated heterocycles. The van der Waals surface area contributed by atoms with Gasteiger partial charge in [0, 0.05) is 42.5 Å². The Morgan fingerprint density at radius 1 is 1.18 bits per heavy atom. The van der Waals surface area contributed by atoms with E-state index in [0.717, 1.165) is 28.4 Å². The molecule has 2 atom stereocenters. The molecule has 1 fully saturated rings. The molecule has 142 valence electrons. The highest BCUT2D eigenvalue weighted by Crippen LogP contribution is 2.37. The van der Waals surface area contributed by atoms with Crippen molar-refractivity contribution < 1.29 is 14.7 Å². The normalized spacial score (nSPS) is 17.4. The van der Waals surface area contributed by atoms with Crippen LogP contribution in [-0.2, 0) is 4.79 Å². The molecule has 4 rings (SSSR count). The van der Waals surface area contributed by atoms with Gasteiger partial charge in [-0.2, -0.15) is 0 Å². The third kappa shape index (κ3) is 3.41. The highest BCUT2D eigenvalue weighted by molar-refractivity contribution is 5.88. The second kappa shape index (κ2) is 7.68. The van der Waals surface area contributed by atoms with Crippen LogP contribution in [0.2, 0.25) is 0 Å². The summed E-state index contributed by atoms with van der Waals surface area (Å²) in [6.45, 7) is 0.899. The zero-order valence-electron chi connectivity index (χ0n) is 15.3. The summed E-state index contributed by atoms with van der Waals surface area (Å²) in [5.41, 5.74) is 1.79. The summed E-state index contributed by atoms with van der Waals surface area (Å²) in [5, 5.41) is 11.4. The number of hydrogen-bond acceptors (Lipinski definition) is 3. The van der Waals surface area contributed by atoms with Crippen molar-refractivity contribution in [2.75, 3.05) is 18.0 Å². The van der Waals surface area contributed by atoms with Crippen LogP contribution in [0.4, 0.5) is 10.5 Å². The number of carboxylic acid groups (broad SMARTS) is 1. The van der Waals surface area contributed by atoms with Crippen molar-refractivity contribution >= 4 is 29.0 Å². The summed E-state index contributed by atoms with van der Waals surface area (Å²) < 4.78 is 0. The number of pyridine rings is 1. The monoisotopic (exact) mass is 375 g/mol. The average Bonchev–Trinajstić information content (AvgIpc) is 3.22. The average molecular weight is 375 g/mol. The number of amides is 2. The van der Waals surface area contributed by atoms with Gasteiger partial charge in [-0.1, -0.05) is 36.4 Å².